The summed E-state index contributed by atoms with van der Waals surface area (Å²) in [7, 11) is 0. The van der Waals surface area contributed by atoms with Crippen LogP contribution in [0.1, 0.15) is 11.1 Å². The van der Waals surface area contributed by atoms with Crippen LogP contribution in [0.3, 0.4) is 0 Å². The summed E-state index contributed by atoms with van der Waals surface area (Å²) in [5.74, 6) is 0. The van der Waals surface area contributed by atoms with Gasteiger partial charge in [0.1, 0.15) is 18.3 Å². The Balaban J connectivity index is 2.11. The Labute approximate surface area is 150 Å². The molecule has 1 unspecified atom stereocenters. The van der Waals surface area contributed by atoms with Crippen LogP contribution >= 0.6 is 23.2 Å². The van der Waals surface area contributed by atoms with E-state index >= 15 is 0 Å². The van der Waals surface area contributed by atoms with Crippen LogP contribution in [0.5, 0.6) is 0 Å². The second kappa shape index (κ2) is 6.77. The van der Waals surface area contributed by atoms with Crippen LogP contribution < -0.4 is 0 Å². The van der Waals surface area contributed by atoms with Crippen LogP contribution in [-0.2, 0) is 12.1 Å². The maximum atomic E-state index is 11.5. The first-order valence-electron chi connectivity index (χ1n) is 7.26. The Morgan fingerprint density at radius 1 is 1.17 bits per heavy atom. The predicted molar refractivity (Wildman–Crippen MR) is 95.9 cm³/mol. The highest BCUT2D eigenvalue weighted by Crippen LogP contribution is 2.40. The minimum Gasteiger partial charge on any atom is -0.378 e. The van der Waals surface area contributed by atoms with Gasteiger partial charge in [-0.2, -0.15) is 5.10 Å². The molecule has 0 bridgehead atoms. The molecule has 0 saturated carbocycles. The molecule has 0 aliphatic heterocycles. The van der Waals surface area contributed by atoms with Gasteiger partial charge in [-0.3, -0.25) is 0 Å². The third kappa shape index (κ3) is 3.22. The van der Waals surface area contributed by atoms with Gasteiger partial charge in [-0.05, 0) is 23.3 Å². The summed E-state index contributed by atoms with van der Waals surface area (Å²) in [4.78, 5) is 3.93. The molecule has 1 N–H and O–H groups in total. The molecular weight excluding hydrogens is 345 g/mol. The lowest BCUT2D eigenvalue weighted by Gasteiger charge is -2.32. The number of rotatable bonds is 5. The average Bonchev–Trinajstić information content (AvgIpc) is 3.07. The smallest absolute Gasteiger partial charge is 0.137 e. The zero-order chi connectivity index (χ0) is 17.2. The summed E-state index contributed by atoms with van der Waals surface area (Å²) in [5, 5.41) is 16.5. The Kier molecular flexibility index (Phi) is 4.71. The van der Waals surface area contributed by atoms with Crippen molar-refractivity contribution in [1.29, 1.82) is 0 Å². The SMILES string of the molecule is C=C(c1ccccc1)C(O)(Cn1cncn1)c1ccc(Cl)cc1Cl. The summed E-state index contributed by atoms with van der Waals surface area (Å²) in [6.07, 6.45) is 2.95. The first kappa shape index (κ1) is 16.7. The van der Waals surface area contributed by atoms with Crippen molar-refractivity contribution < 1.29 is 5.11 Å². The molecule has 0 aliphatic rings. The van der Waals surface area contributed by atoms with E-state index in [4.69, 9.17) is 23.2 Å². The summed E-state index contributed by atoms with van der Waals surface area (Å²) >= 11 is 12.3. The lowest BCUT2D eigenvalue weighted by Crippen LogP contribution is -2.33. The fourth-order valence-corrected chi connectivity index (χ4v) is 3.16. The van der Waals surface area contributed by atoms with Crippen LogP contribution in [0.15, 0.2) is 67.8 Å². The largest absolute Gasteiger partial charge is 0.378 e. The molecule has 24 heavy (non-hydrogen) atoms. The topological polar surface area (TPSA) is 50.9 Å². The van der Waals surface area contributed by atoms with E-state index in [0.29, 0.717) is 21.2 Å². The summed E-state index contributed by atoms with van der Waals surface area (Å²) in [5.41, 5.74) is 0.378. The molecule has 122 valence electrons. The number of hydrogen-bond acceptors (Lipinski definition) is 3. The number of aromatic nitrogens is 3. The van der Waals surface area contributed by atoms with Crippen molar-refractivity contribution in [3.63, 3.8) is 0 Å². The van der Waals surface area contributed by atoms with Crippen molar-refractivity contribution in [2.24, 2.45) is 0 Å². The third-order valence-electron chi connectivity index (χ3n) is 3.86. The second-order valence-corrected chi connectivity index (χ2v) is 6.27. The van der Waals surface area contributed by atoms with E-state index in [1.807, 2.05) is 30.3 Å². The minimum absolute atomic E-state index is 0.127. The molecule has 1 aromatic heterocycles. The van der Waals surface area contributed by atoms with Crippen LogP contribution in [0.25, 0.3) is 5.57 Å². The quantitative estimate of drug-likeness (QED) is 0.742. The maximum absolute atomic E-state index is 11.5. The van der Waals surface area contributed by atoms with Gasteiger partial charge in [0.05, 0.1) is 6.54 Å². The Morgan fingerprint density at radius 2 is 1.92 bits per heavy atom. The van der Waals surface area contributed by atoms with Crippen molar-refractivity contribution >= 4 is 28.8 Å². The average molecular weight is 360 g/mol. The van der Waals surface area contributed by atoms with Gasteiger partial charge in [-0.25, -0.2) is 9.67 Å². The fraction of sp³-hybridized carbons (Fsp3) is 0.111. The van der Waals surface area contributed by atoms with Gasteiger partial charge >= 0.3 is 0 Å². The van der Waals surface area contributed by atoms with E-state index in [1.54, 1.807) is 22.9 Å². The molecule has 0 fully saturated rings. The van der Waals surface area contributed by atoms with Gasteiger partial charge in [-0.15, -0.1) is 0 Å². The third-order valence-corrected chi connectivity index (χ3v) is 4.40. The molecule has 1 heterocycles. The zero-order valence-corrected chi connectivity index (χ0v) is 14.2. The van der Waals surface area contributed by atoms with Crippen molar-refractivity contribution in [2.75, 3.05) is 0 Å². The number of aliphatic hydroxyl groups is 1. The fourth-order valence-electron chi connectivity index (χ4n) is 2.59. The maximum Gasteiger partial charge on any atom is 0.137 e. The molecule has 3 aromatic rings. The molecule has 1 atom stereocenters. The van der Waals surface area contributed by atoms with E-state index in [2.05, 4.69) is 16.7 Å². The molecule has 6 heteroatoms. The monoisotopic (exact) mass is 359 g/mol. The normalized spacial score (nSPS) is 13.5. The zero-order valence-electron chi connectivity index (χ0n) is 12.7. The Hall–Kier alpha value is -2.14. The minimum atomic E-state index is -1.46. The van der Waals surface area contributed by atoms with Crippen LogP contribution in [-0.4, -0.2) is 19.9 Å². The number of halogens is 2. The van der Waals surface area contributed by atoms with E-state index in [9.17, 15) is 5.11 Å². The molecule has 0 aliphatic carbocycles. The summed E-state index contributed by atoms with van der Waals surface area (Å²) < 4.78 is 1.54. The van der Waals surface area contributed by atoms with E-state index in [0.717, 1.165) is 5.56 Å². The standard InChI is InChI=1S/C18H15Cl2N3O/c1-13(14-5-3-2-4-6-14)18(24,10-23-12-21-11-22-23)16-8-7-15(19)9-17(16)20/h2-9,11-12,24H,1,10H2. The van der Waals surface area contributed by atoms with E-state index < -0.39 is 5.60 Å². The first-order chi connectivity index (χ1) is 11.5. The van der Waals surface area contributed by atoms with Gasteiger partial charge in [0.15, 0.2) is 0 Å². The van der Waals surface area contributed by atoms with Crippen LogP contribution in [0.4, 0.5) is 0 Å². The molecule has 0 amide bonds. The van der Waals surface area contributed by atoms with Gasteiger partial charge < -0.3 is 5.11 Å². The lowest BCUT2D eigenvalue weighted by molar-refractivity contribution is 0.0767. The van der Waals surface area contributed by atoms with E-state index in [1.165, 1.54) is 12.7 Å². The molecular formula is C18H15Cl2N3O. The van der Waals surface area contributed by atoms with Gasteiger partial charge in [0.2, 0.25) is 0 Å². The highest BCUT2D eigenvalue weighted by molar-refractivity contribution is 6.35. The van der Waals surface area contributed by atoms with Crippen molar-refractivity contribution in [2.45, 2.75) is 12.1 Å². The van der Waals surface area contributed by atoms with Gasteiger partial charge in [0, 0.05) is 15.6 Å². The summed E-state index contributed by atoms with van der Waals surface area (Å²) in [6, 6.07) is 14.4. The molecule has 0 radical (unpaired) electrons. The highest BCUT2D eigenvalue weighted by Gasteiger charge is 2.36. The molecule has 0 saturated heterocycles. The van der Waals surface area contributed by atoms with E-state index in [-0.39, 0.29) is 6.54 Å². The van der Waals surface area contributed by atoms with Crippen molar-refractivity contribution in [3.05, 3.63) is 88.9 Å². The predicted octanol–water partition coefficient (Wildman–Crippen LogP) is 4.19. The van der Waals surface area contributed by atoms with Crippen LogP contribution in [0.2, 0.25) is 10.0 Å². The van der Waals surface area contributed by atoms with Crippen molar-refractivity contribution in [1.82, 2.24) is 14.8 Å². The van der Waals surface area contributed by atoms with Gasteiger partial charge in [0.25, 0.3) is 0 Å². The number of nitrogens with zero attached hydrogens (tertiary/aromatic N) is 3. The Morgan fingerprint density at radius 3 is 2.54 bits per heavy atom. The second-order valence-electron chi connectivity index (χ2n) is 5.42. The van der Waals surface area contributed by atoms with Crippen LogP contribution in [0, 0.1) is 0 Å². The molecule has 4 nitrogen and oxygen atoms in total. The number of hydrogen-bond donors (Lipinski definition) is 1. The summed E-state index contributed by atoms with van der Waals surface area (Å²) in [6.45, 7) is 4.24. The molecule has 0 spiro atoms. The van der Waals surface area contributed by atoms with Crippen molar-refractivity contribution in [3.8, 4) is 0 Å². The highest BCUT2D eigenvalue weighted by atomic mass is 35.5. The van der Waals surface area contributed by atoms with Gasteiger partial charge in [-0.1, -0.05) is 66.2 Å². The lowest BCUT2D eigenvalue weighted by atomic mass is 9.83. The molecule has 3 rings (SSSR count). The molecule has 2 aromatic carbocycles. The number of benzene rings is 2. The first-order valence-corrected chi connectivity index (χ1v) is 8.01. The Bertz CT molecular complexity index is 850.